The molecule has 4 aromatic rings. The minimum Gasteiger partial charge on any atom is -0.497 e. The fourth-order valence-corrected chi connectivity index (χ4v) is 5.01. The highest BCUT2D eigenvalue weighted by molar-refractivity contribution is 6.30. The van der Waals surface area contributed by atoms with Crippen LogP contribution in [-0.2, 0) is 0 Å². The number of aromatic nitrogens is 3. The van der Waals surface area contributed by atoms with Crippen LogP contribution in [-0.4, -0.2) is 36.1 Å². The van der Waals surface area contributed by atoms with Crippen molar-refractivity contribution < 1.29 is 18.9 Å². The molecule has 2 atom stereocenters. The summed E-state index contributed by atoms with van der Waals surface area (Å²) in [5.74, 6) is 3.45. The Morgan fingerprint density at radius 2 is 1.69 bits per heavy atom. The smallest absolute Gasteiger partial charge is 0.226 e. The number of nitrogens with one attached hydrogen (secondary N) is 1. The lowest BCUT2D eigenvalue weighted by Crippen LogP contribution is -2.32. The monoisotopic (exact) mass is 502 g/mol. The first-order valence-electron chi connectivity index (χ1n) is 11.3. The fourth-order valence-electron chi connectivity index (χ4n) is 4.84. The van der Waals surface area contributed by atoms with Crippen LogP contribution in [0.5, 0.6) is 23.0 Å². The maximum absolute atomic E-state index is 6.68. The Balaban J connectivity index is 1.62. The topological polar surface area (TPSA) is 79.7 Å². The molecule has 0 saturated heterocycles. The van der Waals surface area contributed by atoms with Crippen LogP contribution in [0.2, 0.25) is 5.02 Å². The molecule has 1 N–H and O–H groups in total. The molecule has 36 heavy (non-hydrogen) atoms. The molecule has 3 heterocycles. The summed E-state index contributed by atoms with van der Waals surface area (Å²) >= 11 is 6.42. The molecule has 3 aromatic carbocycles. The van der Waals surface area contributed by atoms with Crippen LogP contribution < -0.4 is 24.3 Å². The maximum Gasteiger partial charge on any atom is 0.226 e. The van der Waals surface area contributed by atoms with Crippen molar-refractivity contribution >= 4 is 23.2 Å². The van der Waals surface area contributed by atoms with Gasteiger partial charge < -0.3 is 24.3 Å². The quantitative estimate of drug-likeness (QED) is 0.385. The molecule has 0 radical (unpaired) electrons. The molecule has 0 aliphatic carbocycles. The number of benzene rings is 3. The Morgan fingerprint density at radius 1 is 0.917 bits per heavy atom. The normalized spacial score (nSPS) is 17.8. The van der Waals surface area contributed by atoms with Crippen molar-refractivity contribution in [3.05, 3.63) is 94.3 Å². The fraction of sp³-hybridized carbons (Fsp3) is 0.185. The van der Waals surface area contributed by atoms with Crippen LogP contribution in [0.15, 0.2) is 72.6 Å². The van der Waals surface area contributed by atoms with Gasteiger partial charge >= 0.3 is 0 Å². The highest BCUT2D eigenvalue weighted by Gasteiger charge is 2.42. The van der Waals surface area contributed by atoms with E-state index in [1.54, 1.807) is 27.7 Å². The molecule has 6 rings (SSSR count). The molecule has 0 saturated carbocycles. The van der Waals surface area contributed by atoms with Gasteiger partial charge in [0.2, 0.25) is 5.95 Å². The largest absolute Gasteiger partial charge is 0.497 e. The van der Waals surface area contributed by atoms with Crippen LogP contribution in [0, 0.1) is 0 Å². The standard InChI is InChI=1S/C27H23ClN4O4/c1-33-17-7-4-15(5-8-17)25-23-24(31-27-29-14-30-32(25)27)20-12-16(28)6-11-21(20)36-26(23)19-10-9-18(34-2)13-22(19)35-3/h4-14,25-26H,1-3H3,(H,29,30,31). The summed E-state index contributed by atoms with van der Waals surface area (Å²) in [5.41, 5.74) is 4.55. The van der Waals surface area contributed by atoms with Gasteiger partial charge in [-0.1, -0.05) is 23.7 Å². The summed E-state index contributed by atoms with van der Waals surface area (Å²) in [4.78, 5) is 4.47. The van der Waals surface area contributed by atoms with E-state index in [0.717, 1.165) is 33.7 Å². The zero-order chi connectivity index (χ0) is 24.8. The molecule has 0 spiro atoms. The van der Waals surface area contributed by atoms with E-state index in [2.05, 4.69) is 15.4 Å². The van der Waals surface area contributed by atoms with Crippen molar-refractivity contribution in [1.29, 1.82) is 0 Å². The van der Waals surface area contributed by atoms with Crippen LogP contribution in [0.25, 0.3) is 5.70 Å². The van der Waals surface area contributed by atoms with E-state index in [1.807, 2.05) is 65.3 Å². The number of nitrogens with zero attached hydrogens (tertiary/aromatic N) is 3. The van der Waals surface area contributed by atoms with E-state index >= 15 is 0 Å². The van der Waals surface area contributed by atoms with E-state index in [-0.39, 0.29) is 6.04 Å². The van der Waals surface area contributed by atoms with Gasteiger partial charge in [-0.2, -0.15) is 10.1 Å². The predicted octanol–water partition coefficient (Wildman–Crippen LogP) is 5.52. The second-order valence-electron chi connectivity index (χ2n) is 8.41. The third kappa shape index (κ3) is 3.53. The van der Waals surface area contributed by atoms with Gasteiger partial charge in [-0.3, -0.25) is 0 Å². The SMILES string of the molecule is COc1ccc(C2C3=C(Nc4ncnn42)c2cc(Cl)ccc2OC3c2ccc(OC)cc2OC)cc1. The zero-order valence-corrected chi connectivity index (χ0v) is 20.6. The van der Waals surface area contributed by atoms with Crippen molar-refractivity contribution in [3.63, 3.8) is 0 Å². The van der Waals surface area contributed by atoms with E-state index in [9.17, 15) is 0 Å². The minimum atomic E-state index is -0.494. The molecule has 2 aliphatic rings. The molecule has 0 fully saturated rings. The Bertz CT molecular complexity index is 1480. The first-order chi connectivity index (χ1) is 17.6. The number of halogens is 1. The third-order valence-corrected chi connectivity index (χ3v) is 6.77. The van der Waals surface area contributed by atoms with Crippen LogP contribution in [0.3, 0.4) is 0 Å². The zero-order valence-electron chi connectivity index (χ0n) is 19.9. The van der Waals surface area contributed by atoms with Crippen molar-refractivity contribution in [3.8, 4) is 23.0 Å². The molecular formula is C27H23ClN4O4. The second kappa shape index (κ2) is 8.80. The molecule has 182 valence electrons. The number of hydrogen-bond donors (Lipinski definition) is 1. The maximum atomic E-state index is 6.68. The molecular weight excluding hydrogens is 480 g/mol. The van der Waals surface area contributed by atoms with Gasteiger partial charge in [0.25, 0.3) is 0 Å². The van der Waals surface area contributed by atoms with E-state index in [0.29, 0.717) is 28.2 Å². The van der Waals surface area contributed by atoms with Crippen molar-refractivity contribution in [2.75, 3.05) is 26.6 Å². The van der Waals surface area contributed by atoms with E-state index in [4.69, 9.17) is 30.5 Å². The second-order valence-corrected chi connectivity index (χ2v) is 8.84. The Hall–Kier alpha value is -4.17. The number of ether oxygens (including phenoxy) is 4. The summed E-state index contributed by atoms with van der Waals surface area (Å²) in [6, 6.07) is 18.9. The average Bonchev–Trinajstić information content (AvgIpc) is 3.39. The number of fused-ring (bicyclic) bond motifs is 3. The lowest BCUT2D eigenvalue weighted by atomic mass is 9.84. The summed E-state index contributed by atoms with van der Waals surface area (Å²) < 4.78 is 25.1. The van der Waals surface area contributed by atoms with Crippen LogP contribution in [0.1, 0.15) is 28.8 Å². The lowest BCUT2D eigenvalue weighted by molar-refractivity contribution is 0.217. The molecule has 1 aromatic heterocycles. The van der Waals surface area contributed by atoms with Crippen molar-refractivity contribution in [1.82, 2.24) is 14.8 Å². The van der Waals surface area contributed by atoms with Crippen molar-refractivity contribution in [2.45, 2.75) is 12.1 Å². The van der Waals surface area contributed by atoms with Crippen molar-refractivity contribution in [2.24, 2.45) is 0 Å². The highest BCUT2D eigenvalue weighted by atomic mass is 35.5. The first-order valence-corrected chi connectivity index (χ1v) is 11.7. The minimum absolute atomic E-state index is 0.311. The Kier molecular flexibility index (Phi) is 5.45. The van der Waals surface area contributed by atoms with Gasteiger partial charge in [0.15, 0.2) is 6.10 Å². The number of hydrogen-bond acceptors (Lipinski definition) is 7. The van der Waals surface area contributed by atoms with E-state index < -0.39 is 6.10 Å². The molecule has 2 aliphatic heterocycles. The lowest BCUT2D eigenvalue weighted by Gasteiger charge is -2.39. The number of rotatable bonds is 5. The third-order valence-electron chi connectivity index (χ3n) is 6.53. The number of anilines is 1. The molecule has 0 amide bonds. The summed E-state index contributed by atoms with van der Waals surface area (Å²) in [5, 5.41) is 8.66. The van der Waals surface area contributed by atoms with Crippen LogP contribution in [0.4, 0.5) is 5.95 Å². The Morgan fingerprint density at radius 3 is 2.44 bits per heavy atom. The Labute approximate surface area is 213 Å². The number of methoxy groups -OCH3 is 3. The van der Waals surface area contributed by atoms with Crippen LogP contribution >= 0.6 is 11.6 Å². The van der Waals surface area contributed by atoms with Gasteiger partial charge in [0, 0.05) is 27.8 Å². The van der Waals surface area contributed by atoms with E-state index in [1.165, 1.54) is 0 Å². The average molecular weight is 503 g/mol. The first kappa shape index (κ1) is 22.3. The summed E-state index contributed by atoms with van der Waals surface area (Å²) in [6.07, 6.45) is 1.05. The summed E-state index contributed by atoms with van der Waals surface area (Å²) in [7, 11) is 4.92. The predicted molar refractivity (Wildman–Crippen MR) is 136 cm³/mol. The van der Waals surface area contributed by atoms with Gasteiger partial charge in [0.1, 0.15) is 35.4 Å². The van der Waals surface area contributed by atoms with Gasteiger partial charge in [-0.25, -0.2) is 4.68 Å². The molecule has 0 bridgehead atoms. The molecule has 8 nitrogen and oxygen atoms in total. The molecule has 9 heteroatoms. The van der Waals surface area contributed by atoms with Gasteiger partial charge in [-0.05, 0) is 48.0 Å². The van der Waals surface area contributed by atoms with Gasteiger partial charge in [0.05, 0.1) is 27.0 Å². The van der Waals surface area contributed by atoms with Gasteiger partial charge in [-0.15, -0.1) is 0 Å². The highest BCUT2D eigenvalue weighted by Crippen LogP contribution is 2.52. The summed E-state index contributed by atoms with van der Waals surface area (Å²) in [6.45, 7) is 0. The molecule has 2 unspecified atom stereocenters.